The number of aliphatic carboxylic acids is 1. The first-order valence-electron chi connectivity index (χ1n) is 9.87. The van der Waals surface area contributed by atoms with Crippen molar-refractivity contribution in [2.45, 2.75) is 95.5 Å². The Hall–Kier alpha value is -0.690. The summed E-state index contributed by atoms with van der Waals surface area (Å²) in [6.45, 7) is 3.58. The SMILES string of the molecule is CCCCCCCOC1C(O)CC(O)C1N(C)CCCCCC(=O)O. The van der Waals surface area contributed by atoms with Crippen molar-refractivity contribution in [2.75, 3.05) is 20.2 Å². The molecule has 6 heteroatoms. The zero-order valence-electron chi connectivity index (χ0n) is 15.9. The van der Waals surface area contributed by atoms with Crippen molar-refractivity contribution in [3.05, 3.63) is 0 Å². The summed E-state index contributed by atoms with van der Waals surface area (Å²) in [5.74, 6) is -0.755. The van der Waals surface area contributed by atoms with Gasteiger partial charge in [0.2, 0.25) is 0 Å². The van der Waals surface area contributed by atoms with Gasteiger partial charge in [-0.1, -0.05) is 39.0 Å². The first-order valence-corrected chi connectivity index (χ1v) is 9.87. The molecule has 3 N–H and O–H groups in total. The van der Waals surface area contributed by atoms with E-state index in [2.05, 4.69) is 11.8 Å². The summed E-state index contributed by atoms with van der Waals surface area (Å²) in [7, 11) is 1.95. The third-order valence-electron chi connectivity index (χ3n) is 5.06. The van der Waals surface area contributed by atoms with E-state index in [0.717, 1.165) is 32.2 Å². The zero-order chi connectivity index (χ0) is 18.7. The van der Waals surface area contributed by atoms with E-state index in [9.17, 15) is 15.0 Å². The fourth-order valence-electron chi connectivity index (χ4n) is 3.61. The molecule has 4 atom stereocenters. The van der Waals surface area contributed by atoms with E-state index >= 15 is 0 Å². The lowest BCUT2D eigenvalue weighted by Gasteiger charge is -2.32. The van der Waals surface area contributed by atoms with Crippen LogP contribution in [-0.4, -0.2) is 70.7 Å². The van der Waals surface area contributed by atoms with Gasteiger partial charge in [-0.05, 0) is 32.9 Å². The van der Waals surface area contributed by atoms with Gasteiger partial charge in [0.15, 0.2) is 0 Å². The van der Waals surface area contributed by atoms with Crippen LogP contribution in [0.3, 0.4) is 0 Å². The molecule has 0 aromatic rings. The quantitative estimate of drug-likeness (QED) is 0.413. The molecule has 0 spiro atoms. The van der Waals surface area contributed by atoms with Gasteiger partial charge in [0.25, 0.3) is 0 Å². The van der Waals surface area contributed by atoms with Gasteiger partial charge in [-0.2, -0.15) is 0 Å². The van der Waals surface area contributed by atoms with Crippen LogP contribution >= 0.6 is 0 Å². The first-order chi connectivity index (χ1) is 12.0. The highest BCUT2D eigenvalue weighted by atomic mass is 16.5. The van der Waals surface area contributed by atoms with Crippen LogP contribution in [0, 0.1) is 0 Å². The van der Waals surface area contributed by atoms with Crippen LogP contribution in [0.2, 0.25) is 0 Å². The summed E-state index contributed by atoms with van der Waals surface area (Å²) in [4.78, 5) is 12.6. The number of unbranched alkanes of at least 4 members (excludes halogenated alkanes) is 6. The standard InChI is InChI=1S/C19H37NO5/c1-3-4-5-6-10-13-25-19-16(22)14-15(21)18(19)20(2)12-9-7-8-11-17(23)24/h15-16,18-19,21-22H,3-14H2,1-2H3,(H,23,24). The molecule has 6 nitrogen and oxygen atoms in total. The predicted octanol–water partition coefficient (Wildman–Crippen LogP) is 2.41. The molecule has 0 amide bonds. The molecule has 0 saturated heterocycles. The second kappa shape index (κ2) is 12.6. The number of carboxylic acids is 1. The Morgan fingerprint density at radius 2 is 1.72 bits per heavy atom. The number of rotatable bonds is 14. The summed E-state index contributed by atoms with van der Waals surface area (Å²) in [6.07, 6.45) is 7.25. The lowest BCUT2D eigenvalue weighted by atomic mass is 10.1. The van der Waals surface area contributed by atoms with Crippen molar-refractivity contribution < 1.29 is 24.9 Å². The van der Waals surface area contributed by atoms with Crippen LogP contribution in [0.5, 0.6) is 0 Å². The minimum atomic E-state index is -0.755. The number of carbonyl (C=O) groups is 1. The van der Waals surface area contributed by atoms with Gasteiger partial charge in [-0.25, -0.2) is 0 Å². The van der Waals surface area contributed by atoms with Gasteiger partial charge in [0.1, 0.15) is 6.10 Å². The Morgan fingerprint density at radius 3 is 2.40 bits per heavy atom. The maximum absolute atomic E-state index is 10.5. The van der Waals surface area contributed by atoms with Crippen LogP contribution in [0.15, 0.2) is 0 Å². The van der Waals surface area contributed by atoms with Crippen LogP contribution < -0.4 is 0 Å². The highest BCUT2D eigenvalue weighted by Gasteiger charge is 2.44. The Balaban J connectivity index is 2.33. The highest BCUT2D eigenvalue weighted by molar-refractivity contribution is 5.66. The fourth-order valence-corrected chi connectivity index (χ4v) is 3.61. The van der Waals surface area contributed by atoms with Crippen LogP contribution in [-0.2, 0) is 9.53 Å². The monoisotopic (exact) mass is 359 g/mol. The fraction of sp³-hybridized carbons (Fsp3) is 0.947. The summed E-state index contributed by atoms with van der Waals surface area (Å²) < 4.78 is 5.93. The van der Waals surface area contributed by atoms with Crippen molar-refractivity contribution in [2.24, 2.45) is 0 Å². The lowest BCUT2D eigenvalue weighted by Crippen LogP contribution is -2.47. The Bertz CT molecular complexity index is 366. The number of aliphatic hydroxyl groups is 2. The van der Waals surface area contributed by atoms with Gasteiger partial charge >= 0.3 is 5.97 Å². The van der Waals surface area contributed by atoms with E-state index in [1.807, 2.05) is 7.05 Å². The van der Waals surface area contributed by atoms with Crippen molar-refractivity contribution in [1.29, 1.82) is 0 Å². The number of hydrogen-bond acceptors (Lipinski definition) is 5. The maximum atomic E-state index is 10.5. The van der Waals surface area contributed by atoms with Crippen molar-refractivity contribution in [1.82, 2.24) is 4.90 Å². The molecule has 1 aliphatic carbocycles. The molecule has 0 aromatic heterocycles. The third-order valence-corrected chi connectivity index (χ3v) is 5.06. The number of hydrogen-bond donors (Lipinski definition) is 3. The molecule has 0 bridgehead atoms. The number of aliphatic hydroxyl groups excluding tert-OH is 2. The van der Waals surface area contributed by atoms with Crippen molar-refractivity contribution in [3.8, 4) is 0 Å². The van der Waals surface area contributed by atoms with E-state index in [1.54, 1.807) is 0 Å². The van der Waals surface area contributed by atoms with E-state index in [4.69, 9.17) is 9.84 Å². The summed E-state index contributed by atoms with van der Waals surface area (Å²) in [5.41, 5.74) is 0. The van der Waals surface area contributed by atoms with Crippen LogP contribution in [0.1, 0.15) is 71.1 Å². The average molecular weight is 360 g/mol. The first kappa shape index (κ1) is 22.4. The third kappa shape index (κ3) is 8.49. The molecule has 0 aliphatic heterocycles. The lowest BCUT2D eigenvalue weighted by molar-refractivity contribution is -0.137. The number of carboxylic acid groups (broad SMARTS) is 1. The average Bonchev–Trinajstić information content (AvgIpc) is 2.83. The molecule has 4 unspecified atom stereocenters. The zero-order valence-corrected chi connectivity index (χ0v) is 15.9. The Kier molecular flexibility index (Phi) is 11.3. The van der Waals surface area contributed by atoms with Gasteiger partial charge in [-0.3, -0.25) is 9.69 Å². The van der Waals surface area contributed by atoms with Gasteiger partial charge in [-0.15, -0.1) is 0 Å². The van der Waals surface area contributed by atoms with Crippen LogP contribution in [0.25, 0.3) is 0 Å². The number of nitrogens with zero attached hydrogens (tertiary/aromatic N) is 1. The van der Waals surface area contributed by atoms with Crippen molar-refractivity contribution in [3.63, 3.8) is 0 Å². The van der Waals surface area contributed by atoms with Gasteiger partial charge in [0.05, 0.1) is 18.2 Å². The van der Waals surface area contributed by atoms with E-state index < -0.39 is 18.2 Å². The minimum Gasteiger partial charge on any atom is -0.481 e. The van der Waals surface area contributed by atoms with Gasteiger partial charge in [0, 0.05) is 19.4 Å². The molecule has 1 fully saturated rings. The number of ether oxygens (including phenoxy) is 1. The van der Waals surface area contributed by atoms with E-state index in [0.29, 0.717) is 19.4 Å². The molecule has 0 radical (unpaired) electrons. The summed E-state index contributed by atoms with van der Waals surface area (Å²) in [6, 6.07) is -0.190. The molecule has 148 valence electrons. The highest BCUT2D eigenvalue weighted by Crippen LogP contribution is 2.28. The topological polar surface area (TPSA) is 90.2 Å². The molecule has 1 rings (SSSR count). The van der Waals surface area contributed by atoms with E-state index in [-0.39, 0.29) is 18.6 Å². The normalized spacial score (nSPS) is 26.4. The van der Waals surface area contributed by atoms with Crippen LogP contribution in [0.4, 0.5) is 0 Å². The second-order valence-electron chi connectivity index (χ2n) is 7.30. The molecule has 1 saturated carbocycles. The smallest absolute Gasteiger partial charge is 0.303 e. The largest absolute Gasteiger partial charge is 0.481 e. The second-order valence-corrected chi connectivity index (χ2v) is 7.30. The molecular formula is C19H37NO5. The predicted molar refractivity (Wildman–Crippen MR) is 97.7 cm³/mol. The molecule has 25 heavy (non-hydrogen) atoms. The Labute approximate surface area is 152 Å². The molecule has 0 aromatic carbocycles. The number of likely N-dealkylation sites (N-methyl/N-ethyl adjacent to an activating group) is 1. The molecular weight excluding hydrogens is 322 g/mol. The Morgan fingerprint density at radius 1 is 1.04 bits per heavy atom. The maximum Gasteiger partial charge on any atom is 0.303 e. The summed E-state index contributed by atoms with van der Waals surface area (Å²) >= 11 is 0. The van der Waals surface area contributed by atoms with Crippen molar-refractivity contribution >= 4 is 5.97 Å². The molecule has 1 aliphatic rings. The molecule has 0 heterocycles. The minimum absolute atomic E-state index is 0.190. The van der Waals surface area contributed by atoms with Gasteiger partial charge < -0.3 is 20.1 Å². The van der Waals surface area contributed by atoms with E-state index in [1.165, 1.54) is 19.3 Å². The summed E-state index contributed by atoms with van der Waals surface area (Å²) in [5, 5.41) is 29.2.